The average molecular weight is 193 g/mol. The molecular weight excluding hydrogens is 178 g/mol. The Balaban J connectivity index is 2.22. The minimum Gasteiger partial charge on any atom is -0.379 e. The second kappa shape index (κ2) is 4.20. The van der Waals surface area contributed by atoms with Crippen molar-refractivity contribution < 1.29 is 13.2 Å². The lowest BCUT2D eigenvalue weighted by atomic mass is 10.4. The molecule has 72 valence electrons. The maximum absolute atomic E-state index is 10.8. The molecule has 0 amide bonds. The van der Waals surface area contributed by atoms with Gasteiger partial charge in [-0.3, -0.25) is 4.90 Å². The summed E-state index contributed by atoms with van der Waals surface area (Å²) >= 11 is 0. The Kier molecular flexibility index (Phi) is 3.49. The fourth-order valence-corrected chi connectivity index (χ4v) is 1.71. The smallest absolute Gasteiger partial charge is 0.148 e. The predicted octanol–water partition coefficient (Wildman–Crippen LogP) is -0.637. The van der Waals surface area contributed by atoms with Gasteiger partial charge in [-0.15, -0.1) is 0 Å². The van der Waals surface area contributed by atoms with E-state index in [-0.39, 0.29) is 5.75 Å². The Morgan fingerprint density at radius 1 is 1.33 bits per heavy atom. The molecule has 0 spiro atoms. The number of ether oxygens (including phenoxy) is 1. The van der Waals surface area contributed by atoms with Crippen LogP contribution in [0.1, 0.15) is 0 Å². The Morgan fingerprint density at radius 2 is 1.92 bits per heavy atom. The van der Waals surface area contributed by atoms with Crippen molar-refractivity contribution in [3.63, 3.8) is 0 Å². The van der Waals surface area contributed by atoms with Crippen LogP contribution in [0.15, 0.2) is 0 Å². The van der Waals surface area contributed by atoms with Crippen LogP contribution in [-0.2, 0) is 14.6 Å². The Labute approximate surface area is 73.4 Å². The van der Waals surface area contributed by atoms with Gasteiger partial charge in [-0.05, 0) is 0 Å². The van der Waals surface area contributed by atoms with Gasteiger partial charge in [-0.1, -0.05) is 0 Å². The van der Waals surface area contributed by atoms with Gasteiger partial charge in [-0.2, -0.15) is 0 Å². The fourth-order valence-electron chi connectivity index (χ4n) is 1.12. The maximum atomic E-state index is 10.8. The van der Waals surface area contributed by atoms with E-state index in [2.05, 4.69) is 4.90 Å². The first-order valence-electron chi connectivity index (χ1n) is 4.06. The van der Waals surface area contributed by atoms with E-state index in [9.17, 15) is 8.42 Å². The predicted molar refractivity (Wildman–Crippen MR) is 47.0 cm³/mol. The van der Waals surface area contributed by atoms with Crippen LogP contribution in [0.2, 0.25) is 0 Å². The Bertz CT molecular complexity index is 219. The van der Waals surface area contributed by atoms with E-state index in [1.165, 1.54) is 6.26 Å². The van der Waals surface area contributed by atoms with Crippen LogP contribution in [0, 0.1) is 0 Å². The second-order valence-corrected chi connectivity index (χ2v) is 5.34. The summed E-state index contributed by atoms with van der Waals surface area (Å²) in [4.78, 5) is 2.12. The van der Waals surface area contributed by atoms with E-state index in [0.29, 0.717) is 6.54 Å². The lowest BCUT2D eigenvalue weighted by molar-refractivity contribution is 0.0408. The van der Waals surface area contributed by atoms with E-state index in [0.717, 1.165) is 26.3 Å². The van der Waals surface area contributed by atoms with Crippen LogP contribution in [0.4, 0.5) is 0 Å². The van der Waals surface area contributed by atoms with Crippen LogP contribution in [0.25, 0.3) is 0 Å². The molecule has 1 aliphatic rings. The molecular formula is C7H15NO3S. The lowest BCUT2D eigenvalue weighted by Crippen LogP contribution is -2.38. The molecule has 1 saturated heterocycles. The molecule has 1 aliphatic heterocycles. The van der Waals surface area contributed by atoms with E-state index in [1.54, 1.807) is 0 Å². The van der Waals surface area contributed by atoms with Gasteiger partial charge in [0.25, 0.3) is 0 Å². The zero-order chi connectivity index (χ0) is 9.03. The molecule has 0 aromatic carbocycles. The zero-order valence-electron chi connectivity index (χ0n) is 7.32. The lowest BCUT2D eigenvalue weighted by Gasteiger charge is -2.25. The first-order valence-corrected chi connectivity index (χ1v) is 6.12. The topological polar surface area (TPSA) is 46.6 Å². The van der Waals surface area contributed by atoms with Crippen LogP contribution in [0.3, 0.4) is 0 Å². The van der Waals surface area contributed by atoms with Crippen molar-refractivity contribution in [2.75, 3.05) is 44.9 Å². The van der Waals surface area contributed by atoms with Crippen LogP contribution in [-0.4, -0.2) is 58.2 Å². The van der Waals surface area contributed by atoms with Gasteiger partial charge in [0, 0.05) is 25.9 Å². The second-order valence-electron chi connectivity index (χ2n) is 3.08. The molecule has 12 heavy (non-hydrogen) atoms. The van der Waals surface area contributed by atoms with Crippen molar-refractivity contribution >= 4 is 9.84 Å². The summed E-state index contributed by atoms with van der Waals surface area (Å²) in [7, 11) is -2.81. The highest BCUT2D eigenvalue weighted by molar-refractivity contribution is 7.90. The minimum absolute atomic E-state index is 0.257. The van der Waals surface area contributed by atoms with Crippen LogP contribution < -0.4 is 0 Å². The number of rotatable bonds is 3. The molecule has 0 unspecified atom stereocenters. The third-order valence-corrected chi connectivity index (χ3v) is 2.81. The van der Waals surface area contributed by atoms with Gasteiger partial charge in [0.2, 0.25) is 0 Å². The van der Waals surface area contributed by atoms with Gasteiger partial charge in [0.1, 0.15) is 9.84 Å². The third-order valence-electron chi connectivity index (χ3n) is 1.88. The minimum atomic E-state index is -2.81. The first-order chi connectivity index (χ1) is 5.58. The number of hydrogen-bond donors (Lipinski definition) is 0. The molecule has 0 aliphatic carbocycles. The fraction of sp³-hybridized carbons (Fsp3) is 1.00. The summed E-state index contributed by atoms with van der Waals surface area (Å²) in [5.41, 5.74) is 0. The standard InChI is InChI=1S/C7H15NO3S/c1-12(9,10)7-4-8-2-5-11-6-3-8/h2-7H2,1H3. The van der Waals surface area contributed by atoms with Gasteiger partial charge in [0.05, 0.1) is 19.0 Å². The highest BCUT2D eigenvalue weighted by Crippen LogP contribution is 1.96. The van der Waals surface area contributed by atoms with E-state index in [1.807, 2.05) is 0 Å². The van der Waals surface area contributed by atoms with Crippen LogP contribution >= 0.6 is 0 Å². The SMILES string of the molecule is CS(=O)(=O)CCN1CCOCC1. The highest BCUT2D eigenvalue weighted by atomic mass is 32.2. The molecule has 0 aromatic heterocycles. The molecule has 0 bridgehead atoms. The average Bonchev–Trinajstić information content (AvgIpc) is 2.02. The molecule has 1 fully saturated rings. The van der Waals surface area contributed by atoms with Gasteiger partial charge in [0.15, 0.2) is 0 Å². The molecule has 0 saturated carbocycles. The van der Waals surface area contributed by atoms with Gasteiger partial charge >= 0.3 is 0 Å². The molecule has 0 radical (unpaired) electrons. The Morgan fingerprint density at radius 3 is 2.42 bits per heavy atom. The van der Waals surface area contributed by atoms with Gasteiger partial charge in [-0.25, -0.2) is 8.42 Å². The molecule has 4 nitrogen and oxygen atoms in total. The molecule has 1 rings (SSSR count). The summed E-state index contributed by atoms with van der Waals surface area (Å²) in [6, 6.07) is 0. The number of morpholine rings is 1. The van der Waals surface area contributed by atoms with E-state index >= 15 is 0 Å². The maximum Gasteiger partial charge on any atom is 0.148 e. The van der Waals surface area contributed by atoms with Crippen molar-refractivity contribution in [3.05, 3.63) is 0 Å². The number of nitrogens with zero attached hydrogens (tertiary/aromatic N) is 1. The highest BCUT2D eigenvalue weighted by Gasteiger charge is 2.12. The third kappa shape index (κ3) is 4.04. The molecule has 0 atom stereocenters. The summed E-state index contributed by atoms with van der Waals surface area (Å²) in [6.07, 6.45) is 1.27. The van der Waals surface area contributed by atoms with Crippen molar-refractivity contribution in [2.45, 2.75) is 0 Å². The monoisotopic (exact) mass is 193 g/mol. The van der Waals surface area contributed by atoms with Crippen molar-refractivity contribution in [3.8, 4) is 0 Å². The van der Waals surface area contributed by atoms with Gasteiger partial charge < -0.3 is 4.74 Å². The van der Waals surface area contributed by atoms with Crippen molar-refractivity contribution in [1.29, 1.82) is 0 Å². The summed E-state index contributed by atoms with van der Waals surface area (Å²) in [6.45, 7) is 3.81. The summed E-state index contributed by atoms with van der Waals surface area (Å²) in [5.74, 6) is 0.257. The number of sulfone groups is 1. The first kappa shape index (κ1) is 9.95. The summed E-state index contributed by atoms with van der Waals surface area (Å²) < 4.78 is 26.8. The van der Waals surface area contributed by atoms with Crippen molar-refractivity contribution in [1.82, 2.24) is 4.90 Å². The normalized spacial score (nSPS) is 21.1. The Hall–Kier alpha value is -0.130. The van der Waals surface area contributed by atoms with E-state index in [4.69, 9.17) is 4.74 Å². The van der Waals surface area contributed by atoms with Crippen molar-refractivity contribution in [2.24, 2.45) is 0 Å². The number of hydrogen-bond acceptors (Lipinski definition) is 4. The van der Waals surface area contributed by atoms with Crippen LogP contribution in [0.5, 0.6) is 0 Å². The molecule has 1 heterocycles. The molecule has 5 heteroatoms. The van der Waals surface area contributed by atoms with E-state index < -0.39 is 9.84 Å². The summed E-state index contributed by atoms with van der Waals surface area (Å²) in [5, 5.41) is 0. The molecule has 0 N–H and O–H groups in total. The molecule has 0 aromatic rings. The quantitative estimate of drug-likeness (QED) is 0.598. The zero-order valence-corrected chi connectivity index (χ0v) is 8.14. The largest absolute Gasteiger partial charge is 0.379 e.